The van der Waals surface area contributed by atoms with Gasteiger partial charge < -0.3 is 15.7 Å². The predicted octanol–water partition coefficient (Wildman–Crippen LogP) is 0.296. The number of aliphatic hydroxyl groups is 1. The summed E-state index contributed by atoms with van der Waals surface area (Å²) in [5.41, 5.74) is 1.74. The van der Waals surface area contributed by atoms with Crippen LogP contribution in [0.1, 0.15) is 12.5 Å². The molecule has 0 fully saturated rings. The molecule has 0 spiro atoms. The monoisotopic (exact) mass is 236 g/mol. The molecule has 0 atom stereocenters. The van der Waals surface area contributed by atoms with Crippen molar-refractivity contribution in [3.63, 3.8) is 0 Å². The van der Waals surface area contributed by atoms with Gasteiger partial charge in [0, 0.05) is 12.2 Å². The molecule has 0 saturated heterocycles. The Hall–Kier alpha value is -1.88. The van der Waals surface area contributed by atoms with Crippen LogP contribution in [0, 0.1) is 0 Å². The van der Waals surface area contributed by atoms with Gasteiger partial charge >= 0.3 is 11.8 Å². The standard InChI is InChI=1S/C12H16N2O3/c1-2-9-3-5-10(6-4-9)14-12(17)11(16)13-7-8-15/h3-6,15H,2,7-8H2,1H3,(H,13,16)(H,14,17). The molecule has 17 heavy (non-hydrogen) atoms. The lowest BCUT2D eigenvalue weighted by Gasteiger charge is -2.06. The molecule has 1 aromatic carbocycles. The second-order valence-corrected chi connectivity index (χ2v) is 3.48. The summed E-state index contributed by atoms with van der Waals surface area (Å²) < 4.78 is 0. The third kappa shape index (κ3) is 4.24. The summed E-state index contributed by atoms with van der Waals surface area (Å²) in [6.45, 7) is 1.92. The number of nitrogens with one attached hydrogen (secondary N) is 2. The minimum atomic E-state index is -0.751. The van der Waals surface area contributed by atoms with Crippen molar-refractivity contribution in [2.24, 2.45) is 0 Å². The summed E-state index contributed by atoms with van der Waals surface area (Å²) in [5.74, 6) is -1.48. The van der Waals surface area contributed by atoms with Crippen molar-refractivity contribution in [1.29, 1.82) is 0 Å². The zero-order valence-corrected chi connectivity index (χ0v) is 9.69. The number of aryl methyl sites for hydroxylation is 1. The maximum Gasteiger partial charge on any atom is 0.313 e. The van der Waals surface area contributed by atoms with Crippen LogP contribution in [-0.2, 0) is 16.0 Å². The van der Waals surface area contributed by atoms with Crippen molar-refractivity contribution in [3.8, 4) is 0 Å². The van der Waals surface area contributed by atoms with Gasteiger partial charge in [0.1, 0.15) is 0 Å². The summed E-state index contributed by atoms with van der Waals surface area (Å²) in [6, 6.07) is 7.27. The van der Waals surface area contributed by atoms with E-state index >= 15 is 0 Å². The summed E-state index contributed by atoms with van der Waals surface area (Å²) in [4.78, 5) is 22.6. The number of carbonyl (C=O) groups is 2. The van der Waals surface area contributed by atoms with Gasteiger partial charge in [-0.3, -0.25) is 9.59 Å². The van der Waals surface area contributed by atoms with Crippen molar-refractivity contribution in [3.05, 3.63) is 29.8 Å². The van der Waals surface area contributed by atoms with Gasteiger partial charge in [-0.25, -0.2) is 0 Å². The van der Waals surface area contributed by atoms with E-state index in [0.717, 1.165) is 12.0 Å². The van der Waals surface area contributed by atoms with Crippen LogP contribution < -0.4 is 10.6 Å². The van der Waals surface area contributed by atoms with E-state index < -0.39 is 11.8 Å². The second-order valence-electron chi connectivity index (χ2n) is 3.48. The highest BCUT2D eigenvalue weighted by molar-refractivity contribution is 6.39. The van der Waals surface area contributed by atoms with Crippen molar-refractivity contribution in [2.45, 2.75) is 13.3 Å². The molecule has 0 radical (unpaired) electrons. The van der Waals surface area contributed by atoms with Gasteiger partial charge in [-0.15, -0.1) is 0 Å². The largest absolute Gasteiger partial charge is 0.395 e. The first-order valence-corrected chi connectivity index (χ1v) is 5.46. The predicted molar refractivity (Wildman–Crippen MR) is 64.5 cm³/mol. The summed E-state index contributed by atoms with van der Waals surface area (Å²) in [6.07, 6.45) is 0.922. The maximum atomic E-state index is 11.4. The Morgan fingerprint density at radius 1 is 1.18 bits per heavy atom. The van der Waals surface area contributed by atoms with Crippen LogP contribution in [0.15, 0.2) is 24.3 Å². The van der Waals surface area contributed by atoms with Crippen molar-refractivity contribution < 1.29 is 14.7 Å². The molecule has 0 aliphatic heterocycles. The Kier molecular flexibility index (Phi) is 5.16. The summed E-state index contributed by atoms with van der Waals surface area (Å²) in [7, 11) is 0. The van der Waals surface area contributed by atoms with E-state index in [1.54, 1.807) is 12.1 Å². The average Bonchev–Trinajstić information content (AvgIpc) is 2.36. The molecule has 5 heteroatoms. The van der Waals surface area contributed by atoms with E-state index in [1.165, 1.54) is 0 Å². The van der Waals surface area contributed by atoms with Gasteiger partial charge in [0.2, 0.25) is 0 Å². The molecule has 0 heterocycles. The topological polar surface area (TPSA) is 78.4 Å². The number of rotatable bonds is 4. The molecule has 0 unspecified atom stereocenters. The van der Waals surface area contributed by atoms with E-state index in [9.17, 15) is 9.59 Å². The van der Waals surface area contributed by atoms with Crippen LogP contribution in [0.4, 0.5) is 5.69 Å². The Morgan fingerprint density at radius 3 is 2.35 bits per heavy atom. The number of amides is 2. The van der Waals surface area contributed by atoms with Gasteiger partial charge in [0.05, 0.1) is 6.61 Å². The molecular weight excluding hydrogens is 220 g/mol. The van der Waals surface area contributed by atoms with E-state index in [2.05, 4.69) is 10.6 Å². The van der Waals surface area contributed by atoms with Crippen molar-refractivity contribution >= 4 is 17.5 Å². The van der Waals surface area contributed by atoms with Crippen molar-refractivity contribution in [1.82, 2.24) is 5.32 Å². The first kappa shape index (κ1) is 13.2. The molecule has 0 bridgehead atoms. The van der Waals surface area contributed by atoms with Crippen LogP contribution in [0.25, 0.3) is 0 Å². The molecule has 0 aromatic heterocycles. The van der Waals surface area contributed by atoms with Crippen molar-refractivity contribution in [2.75, 3.05) is 18.5 Å². The van der Waals surface area contributed by atoms with Gasteiger partial charge in [-0.1, -0.05) is 19.1 Å². The molecule has 1 aromatic rings. The fourth-order valence-electron chi connectivity index (χ4n) is 1.26. The van der Waals surface area contributed by atoms with E-state index in [4.69, 9.17) is 5.11 Å². The van der Waals surface area contributed by atoms with E-state index in [-0.39, 0.29) is 13.2 Å². The number of hydrogen-bond donors (Lipinski definition) is 3. The van der Waals surface area contributed by atoms with Gasteiger partial charge in [-0.05, 0) is 24.1 Å². The van der Waals surface area contributed by atoms with Crippen LogP contribution in [0.5, 0.6) is 0 Å². The third-order valence-corrected chi connectivity index (χ3v) is 2.22. The summed E-state index contributed by atoms with van der Waals surface area (Å²) in [5, 5.41) is 13.2. The maximum absolute atomic E-state index is 11.4. The average molecular weight is 236 g/mol. The molecule has 0 aliphatic carbocycles. The minimum absolute atomic E-state index is 0.0705. The van der Waals surface area contributed by atoms with Crippen LogP contribution in [0.3, 0.4) is 0 Å². The SMILES string of the molecule is CCc1ccc(NC(=O)C(=O)NCCO)cc1. The molecule has 5 nitrogen and oxygen atoms in total. The smallest absolute Gasteiger partial charge is 0.313 e. The normalized spacial score (nSPS) is 9.76. The second kappa shape index (κ2) is 6.65. The van der Waals surface area contributed by atoms with Gasteiger partial charge in [-0.2, -0.15) is 0 Å². The lowest BCUT2D eigenvalue weighted by molar-refractivity contribution is -0.136. The Labute approximate surface area is 99.8 Å². The molecular formula is C12H16N2O3. The molecule has 0 saturated carbocycles. The number of anilines is 1. The van der Waals surface area contributed by atoms with Crippen LogP contribution in [-0.4, -0.2) is 30.1 Å². The van der Waals surface area contributed by atoms with Gasteiger partial charge in [0.15, 0.2) is 0 Å². The highest BCUT2D eigenvalue weighted by Gasteiger charge is 2.12. The zero-order chi connectivity index (χ0) is 12.7. The molecule has 92 valence electrons. The molecule has 3 N–H and O–H groups in total. The number of hydrogen-bond acceptors (Lipinski definition) is 3. The minimum Gasteiger partial charge on any atom is -0.395 e. The third-order valence-electron chi connectivity index (χ3n) is 2.22. The fourth-order valence-corrected chi connectivity index (χ4v) is 1.26. The van der Waals surface area contributed by atoms with E-state index in [0.29, 0.717) is 5.69 Å². The van der Waals surface area contributed by atoms with Gasteiger partial charge in [0.25, 0.3) is 0 Å². The Balaban J connectivity index is 2.52. The fraction of sp³-hybridized carbons (Fsp3) is 0.333. The number of benzene rings is 1. The lowest BCUT2D eigenvalue weighted by Crippen LogP contribution is -2.36. The first-order valence-electron chi connectivity index (χ1n) is 5.46. The highest BCUT2D eigenvalue weighted by Crippen LogP contribution is 2.09. The quantitative estimate of drug-likeness (QED) is 0.658. The van der Waals surface area contributed by atoms with E-state index in [1.807, 2.05) is 19.1 Å². The highest BCUT2D eigenvalue weighted by atomic mass is 16.3. The molecule has 2 amide bonds. The van der Waals surface area contributed by atoms with Crippen LogP contribution in [0.2, 0.25) is 0 Å². The first-order chi connectivity index (χ1) is 8.17. The lowest BCUT2D eigenvalue weighted by atomic mass is 10.1. The number of carbonyl (C=O) groups excluding carboxylic acids is 2. The summed E-state index contributed by atoms with van der Waals surface area (Å²) >= 11 is 0. The van der Waals surface area contributed by atoms with Crippen LogP contribution >= 0.6 is 0 Å². The Morgan fingerprint density at radius 2 is 1.82 bits per heavy atom. The molecule has 1 rings (SSSR count). The Bertz CT molecular complexity index is 387. The molecule has 0 aliphatic rings. The number of aliphatic hydroxyl groups excluding tert-OH is 1. The zero-order valence-electron chi connectivity index (χ0n) is 9.69.